The van der Waals surface area contributed by atoms with E-state index in [0.717, 1.165) is 42.5 Å². The van der Waals surface area contributed by atoms with Crippen molar-refractivity contribution in [3.63, 3.8) is 0 Å². The Morgan fingerprint density at radius 1 is 1.12 bits per heavy atom. The summed E-state index contributed by atoms with van der Waals surface area (Å²) in [7, 11) is 1.70. The molecule has 0 bridgehead atoms. The minimum atomic E-state index is -0.326. The van der Waals surface area contributed by atoms with Gasteiger partial charge in [-0.25, -0.2) is 5.01 Å². The molecule has 7 nitrogen and oxygen atoms in total. The lowest BCUT2D eigenvalue weighted by molar-refractivity contribution is -0.142. The molecule has 2 aromatic rings. The zero-order valence-corrected chi connectivity index (χ0v) is 19.3. The Bertz CT molecular complexity index is 1110. The van der Waals surface area contributed by atoms with Crippen LogP contribution in [0.15, 0.2) is 47.6 Å². The summed E-state index contributed by atoms with van der Waals surface area (Å²) in [5, 5.41) is 6.77. The van der Waals surface area contributed by atoms with Gasteiger partial charge >= 0.3 is 0 Å². The van der Waals surface area contributed by atoms with Gasteiger partial charge in [0.1, 0.15) is 6.54 Å². The maximum atomic E-state index is 13.4. The Kier molecular flexibility index (Phi) is 5.98. The van der Waals surface area contributed by atoms with E-state index < -0.39 is 0 Å². The number of carbonyl (C=O) groups excluding carboxylic acids is 2. The van der Waals surface area contributed by atoms with Gasteiger partial charge in [-0.3, -0.25) is 9.59 Å². The van der Waals surface area contributed by atoms with E-state index in [9.17, 15) is 9.59 Å². The number of hydrogen-bond donors (Lipinski definition) is 0. The Hall–Kier alpha value is -3.06. The molecule has 0 spiro atoms. The van der Waals surface area contributed by atoms with E-state index in [4.69, 9.17) is 21.1 Å². The number of rotatable bonds is 5. The van der Waals surface area contributed by atoms with Crippen molar-refractivity contribution in [1.82, 2.24) is 9.91 Å². The molecule has 1 unspecified atom stereocenters. The summed E-state index contributed by atoms with van der Waals surface area (Å²) in [6, 6.07) is 12.8. The number of carbonyl (C=O) groups is 2. The molecule has 2 aromatic carbocycles. The highest BCUT2D eigenvalue weighted by Gasteiger charge is 2.36. The van der Waals surface area contributed by atoms with Crippen molar-refractivity contribution in [3.05, 3.63) is 58.6 Å². The Labute approximate surface area is 197 Å². The lowest BCUT2D eigenvalue weighted by atomic mass is 9.98. The summed E-state index contributed by atoms with van der Waals surface area (Å²) in [6.07, 6.45) is 4.45. The van der Waals surface area contributed by atoms with Gasteiger partial charge in [-0.15, -0.1) is 0 Å². The van der Waals surface area contributed by atoms with Crippen molar-refractivity contribution in [2.75, 3.05) is 20.4 Å². The van der Waals surface area contributed by atoms with E-state index in [-0.39, 0.29) is 37.1 Å². The van der Waals surface area contributed by atoms with Gasteiger partial charge < -0.3 is 14.4 Å². The molecule has 33 heavy (non-hydrogen) atoms. The first-order chi connectivity index (χ1) is 16.0. The molecule has 1 aliphatic carbocycles. The van der Waals surface area contributed by atoms with Crippen molar-refractivity contribution in [2.45, 2.75) is 38.1 Å². The molecule has 2 heterocycles. The van der Waals surface area contributed by atoms with E-state index in [1.54, 1.807) is 7.05 Å². The molecule has 5 rings (SSSR count). The molecule has 2 aliphatic heterocycles. The predicted octanol–water partition coefficient (Wildman–Crippen LogP) is 4.40. The third-order valence-electron chi connectivity index (χ3n) is 6.59. The van der Waals surface area contributed by atoms with Crippen LogP contribution in [0.3, 0.4) is 0 Å². The minimum Gasteiger partial charge on any atom is -0.454 e. The van der Waals surface area contributed by atoms with Crippen LogP contribution >= 0.6 is 11.6 Å². The second kappa shape index (κ2) is 9.06. The number of hydrogen-bond acceptors (Lipinski definition) is 5. The topological polar surface area (TPSA) is 71.4 Å². The lowest BCUT2D eigenvalue weighted by Crippen LogP contribution is -2.41. The molecule has 8 heteroatoms. The molecular formula is C25H26ClN3O4. The number of benzene rings is 2. The molecule has 0 saturated heterocycles. The van der Waals surface area contributed by atoms with E-state index in [1.165, 1.54) is 9.91 Å². The minimum absolute atomic E-state index is 0.0182. The standard InChI is InChI=1S/C25H26ClN3O4/c1-28(25(31)16-6-2-3-7-16)14-24(30)29-21(17-10-11-22-23(12-17)33-15-32-22)13-20(27-29)18-8-4-5-9-19(18)26/h4-5,8-12,16,21H,2-3,6-7,13-15H2,1H3. The first kappa shape index (κ1) is 21.8. The average molecular weight is 468 g/mol. The summed E-state index contributed by atoms with van der Waals surface area (Å²) in [4.78, 5) is 27.7. The van der Waals surface area contributed by atoms with Crippen LogP contribution in [0.1, 0.15) is 49.3 Å². The van der Waals surface area contributed by atoms with Crippen LogP contribution in [0.5, 0.6) is 11.5 Å². The van der Waals surface area contributed by atoms with Crippen LogP contribution < -0.4 is 9.47 Å². The van der Waals surface area contributed by atoms with E-state index in [0.29, 0.717) is 22.9 Å². The predicted molar refractivity (Wildman–Crippen MR) is 124 cm³/mol. The fourth-order valence-electron chi connectivity index (χ4n) is 4.82. The first-order valence-corrected chi connectivity index (χ1v) is 11.7. The third-order valence-corrected chi connectivity index (χ3v) is 6.91. The molecule has 2 amide bonds. The number of nitrogens with zero attached hydrogens (tertiary/aromatic N) is 3. The molecule has 1 saturated carbocycles. The number of likely N-dealkylation sites (N-methyl/N-ethyl adjacent to an activating group) is 1. The second-order valence-electron chi connectivity index (χ2n) is 8.77. The average Bonchev–Trinajstić information content (AvgIpc) is 3.58. The van der Waals surface area contributed by atoms with Crippen LogP contribution in [-0.4, -0.2) is 47.8 Å². The number of fused-ring (bicyclic) bond motifs is 1. The molecule has 3 aliphatic rings. The fraction of sp³-hybridized carbons (Fsp3) is 0.400. The van der Waals surface area contributed by atoms with E-state index in [2.05, 4.69) is 5.10 Å². The van der Waals surface area contributed by atoms with Crippen molar-refractivity contribution < 1.29 is 19.1 Å². The number of amides is 2. The van der Waals surface area contributed by atoms with Crippen molar-refractivity contribution in [1.29, 1.82) is 0 Å². The molecule has 0 radical (unpaired) electrons. The lowest BCUT2D eigenvalue weighted by Gasteiger charge is -2.26. The Morgan fingerprint density at radius 2 is 1.88 bits per heavy atom. The van der Waals surface area contributed by atoms with Crippen LogP contribution in [0.2, 0.25) is 5.02 Å². The smallest absolute Gasteiger partial charge is 0.262 e. The van der Waals surface area contributed by atoms with Gasteiger partial charge in [-0.2, -0.15) is 5.10 Å². The van der Waals surface area contributed by atoms with Crippen molar-refractivity contribution in [3.8, 4) is 11.5 Å². The molecular weight excluding hydrogens is 442 g/mol. The van der Waals surface area contributed by atoms with Crippen LogP contribution in [0, 0.1) is 5.92 Å². The SMILES string of the molecule is CN(CC(=O)N1N=C(c2ccccc2Cl)CC1c1ccc2c(c1)OCO2)C(=O)C1CCCC1. The molecule has 1 fully saturated rings. The maximum Gasteiger partial charge on any atom is 0.262 e. The normalized spacial score (nSPS) is 19.6. The van der Waals surface area contributed by atoms with Crippen molar-refractivity contribution >= 4 is 29.1 Å². The zero-order valence-electron chi connectivity index (χ0n) is 18.5. The summed E-state index contributed by atoms with van der Waals surface area (Å²) in [6.45, 7) is 0.164. The Balaban J connectivity index is 1.42. The quantitative estimate of drug-likeness (QED) is 0.653. The number of halogens is 1. The van der Waals surface area contributed by atoms with Gasteiger partial charge in [0, 0.05) is 30.0 Å². The van der Waals surface area contributed by atoms with E-state index >= 15 is 0 Å². The van der Waals surface area contributed by atoms with Gasteiger partial charge in [0.2, 0.25) is 12.7 Å². The Morgan fingerprint density at radius 3 is 2.67 bits per heavy atom. The number of hydrazone groups is 1. The van der Waals surface area contributed by atoms with Gasteiger partial charge in [-0.1, -0.05) is 48.7 Å². The summed E-state index contributed by atoms with van der Waals surface area (Å²) >= 11 is 6.43. The van der Waals surface area contributed by atoms with Crippen molar-refractivity contribution in [2.24, 2.45) is 11.0 Å². The zero-order chi connectivity index (χ0) is 22.9. The highest BCUT2D eigenvalue weighted by molar-refractivity contribution is 6.34. The van der Waals surface area contributed by atoms with Crippen LogP contribution in [-0.2, 0) is 9.59 Å². The molecule has 172 valence electrons. The van der Waals surface area contributed by atoms with Crippen LogP contribution in [0.4, 0.5) is 0 Å². The van der Waals surface area contributed by atoms with Gasteiger partial charge in [0.25, 0.3) is 5.91 Å². The second-order valence-corrected chi connectivity index (χ2v) is 9.18. The molecule has 1 atom stereocenters. The summed E-state index contributed by atoms with van der Waals surface area (Å²) in [5.74, 6) is 1.17. The monoisotopic (exact) mass is 467 g/mol. The van der Waals surface area contributed by atoms with E-state index in [1.807, 2.05) is 42.5 Å². The van der Waals surface area contributed by atoms with Gasteiger partial charge in [0.15, 0.2) is 11.5 Å². The molecule has 0 N–H and O–H groups in total. The maximum absolute atomic E-state index is 13.4. The van der Waals surface area contributed by atoms with Crippen LogP contribution in [0.25, 0.3) is 0 Å². The van der Waals surface area contributed by atoms with Gasteiger partial charge in [0.05, 0.1) is 11.8 Å². The third kappa shape index (κ3) is 4.29. The fourth-order valence-corrected chi connectivity index (χ4v) is 5.06. The van der Waals surface area contributed by atoms with Gasteiger partial charge in [-0.05, 0) is 36.6 Å². The summed E-state index contributed by atoms with van der Waals surface area (Å²) < 4.78 is 11.0. The highest BCUT2D eigenvalue weighted by atomic mass is 35.5. The largest absolute Gasteiger partial charge is 0.454 e. The molecule has 0 aromatic heterocycles. The number of ether oxygens (including phenoxy) is 2. The first-order valence-electron chi connectivity index (χ1n) is 11.3. The summed E-state index contributed by atoms with van der Waals surface area (Å²) in [5.41, 5.74) is 2.43. The highest BCUT2D eigenvalue weighted by Crippen LogP contribution is 2.40.